The Morgan fingerprint density at radius 2 is 2.27 bits per heavy atom. The number of carbonyl (C=O) groups excluding carboxylic acids is 1. The number of aryl methyl sites for hydroxylation is 1. The van der Waals surface area contributed by atoms with Crippen molar-refractivity contribution in [1.82, 2.24) is 15.1 Å². The summed E-state index contributed by atoms with van der Waals surface area (Å²) in [5, 5.41) is 19.4. The molecule has 0 aliphatic carbocycles. The van der Waals surface area contributed by atoms with E-state index in [0.717, 1.165) is 6.07 Å². The van der Waals surface area contributed by atoms with Crippen molar-refractivity contribution < 1.29 is 14.3 Å². The van der Waals surface area contributed by atoms with Gasteiger partial charge >= 0.3 is 6.03 Å². The minimum absolute atomic E-state index is 0.0361. The Morgan fingerprint density at radius 1 is 1.55 bits per heavy atom. The van der Waals surface area contributed by atoms with Crippen LogP contribution in [0.3, 0.4) is 0 Å². The summed E-state index contributed by atoms with van der Waals surface area (Å²) < 4.78 is 15.1. The van der Waals surface area contributed by atoms with Crippen LogP contribution in [-0.4, -0.2) is 27.5 Å². The molecule has 0 saturated heterocycles. The van der Waals surface area contributed by atoms with Crippen LogP contribution >= 0.6 is 11.6 Å². The number of aromatic nitrogens is 2. The Hall–Kier alpha value is -2.12. The zero-order valence-corrected chi connectivity index (χ0v) is 12.9. The maximum atomic E-state index is 13.5. The van der Waals surface area contributed by atoms with Crippen molar-refractivity contribution in [3.05, 3.63) is 47.0 Å². The average molecular weight is 327 g/mol. The average Bonchev–Trinajstić information content (AvgIpc) is 2.88. The topological polar surface area (TPSA) is 79.2 Å². The fourth-order valence-electron chi connectivity index (χ4n) is 1.81. The third kappa shape index (κ3) is 3.96. The zero-order chi connectivity index (χ0) is 16.3. The molecule has 0 bridgehead atoms. The van der Waals surface area contributed by atoms with Crippen molar-refractivity contribution in [2.75, 3.05) is 11.9 Å². The van der Waals surface area contributed by atoms with Crippen LogP contribution in [-0.2, 0) is 12.6 Å². The molecule has 1 aromatic carbocycles. The number of carbonyl (C=O) groups is 1. The Kier molecular flexibility index (Phi) is 4.68. The number of amides is 2. The number of aliphatic hydroxyl groups is 1. The van der Waals surface area contributed by atoms with Crippen molar-refractivity contribution in [2.45, 2.75) is 12.5 Å². The first kappa shape index (κ1) is 16.3. The van der Waals surface area contributed by atoms with Gasteiger partial charge in [0, 0.05) is 23.8 Å². The molecule has 0 spiro atoms. The second-order valence-corrected chi connectivity index (χ2v) is 5.54. The first-order valence-corrected chi connectivity index (χ1v) is 6.87. The summed E-state index contributed by atoms with van der Waals surface area (Å²) in [7, 11) is 1.72. The number of benzene rings is 1. The summed E-state index contributed by atoms with van der Waals surface area (Å²) in [6, 6.07) is 3.19. The molecule has 0 fully saturated rings. The summed E-state index contributed by atoms with van der Waals surface area (Å²) >= 11 is 5.74. The Labute approximate surface area is 131 Å². The normalized spacial score (nSPS) is 13.5. The van der Waals surface area contributed by atoms with Gasteiger partial charge in [-0.2, -0.15) is 5.10 Å². The zero-order valence-electron chi connectivity index (χ0n) is 12.1. The highest BCUT2D eigenvalue weighted by Crippen LogP contribution is 2.20. The van der Waals surface area contributed by atoms with E-state index in [9.17, 15) is 14.3 Å². The molecule has 1 heterocycles. The van der Waals surface area contributed by atoms with Crippen LogP contribution in [0, 0.1) is 5.82 Å². The smallest absolute Gasteiger partial charge is 0.319 e. The summed E-state index contributed by atoms with van der Waals surface area (Å²) in [6.07, 6.45) is 3.16. The largest absolute Gasteiger partial charge is 0.383 e. The van der Waals surface area contributed by atoms with E-state index in [1.54, 1.807) is 24.9 Å². The first-order valence-electron chi connectivity index (χ1n) is 6.49. The second kappa shape index (κ2) is 6.33. The fourth-order valence-corrected chi connectivity index (χ4v) is 1.99. The lowest BCUT2D eigenvalue weighted by Crippen LogP contribution is -2.40. The van der Waals surface area contributed by atoms with E-state index in [4.69, 9.17) is 11.6 Å². The second-order valence-electron chi connectivity index (χ2n) is 5.11. The highest BCUT2D eigenvalue weighted by molar-refractivity contribution is 6.30. The van der Waals surface area contributed by atoms with Crippen LogP contribution in [0.5, 0.6) is 0 Å². The predicted molar refractivity (Wildman–Crippen MR) is 81.2 cm³/mol. The van der Waals surface area contributed by atoms with Gasteiger partial charge in [-0.25, -0.2) is 9.18 Å². The fraction of sp³-hybridized carbons (Fsp3) is 0.286. The van der Waals surface area contributed by atoms with Crippen LogP contribution in [0.15, 0.2) is 30.6 Å². The van der Waals surface area contributed by atoms with E-state index in [0.29, 0.717) is 10.6 Å². The van der Waals surface area contributed by atoms with E-state index in [-0.39, 0.29) is 12.2 Å². The molecule has 0 radical (unpaired) electrons. The molecule has 0 aliphatic heterocycles. The highest BCUT2D eigenvalue weighted by Gasteiger charge is 2.25. The maximum absolute atomic E-state index is 13.5. The molecule has 118 valence electrons. The van der Waals surface area contributed by atoms with Crippen LogP contribution in [0.4, 0.5) is 14.9 Å². The summed E-state index contributed by atoms with van der Waals surface area (Å²) in [5.41, 5.74) is -0.770. The quantitative estimate of drug-likeness (QED) is 0.806. The number of urea groups is 1. The van der Waals surface area contributed by atoms with Crippen molar-refractivity contribution >= 4 is 23.3 Å². The molecule has 2 rings (SSSR count). The van der Waals surface area contributed by atoms with Crippen LogP contribution in [0.1, 0.15) is 12.5 Å². The molecular formula is C14H16ClFN4O2. The molecule has 0 saturated carbocycles. The van der Waals surface area contributed by atoms with Crippen molar-refractivity contribution in [3.8, 4) is 0 Å². The third-order valence-corrected chi connectivity index (χ3v) is 3.33. The van der Waals surface area contributed by atoms with Crippen molar-refractivity contribution in [2.24, 2.45) is 7.05 Å². The number of rotatable bonds is 4. The standard InChI is InChI=1S/C14H16ClFN4O2/c1-14(22,9-6-18-20(2)7-9)8-17-13(21)19-12-5-10(15)3-4-11(12)16/h3-7,22H,8H2,1-2H3,(H2,17,19,21)/t14-/m1/s1. The number of halogens is 2. The number of nitrogens with zero attached hydrogens (tertiary/aromatic N) is 2. The first-order chi connectivity index (χ1) is 10.3. The molecule has 1 aromatic heterocycles. The van der Waals surface area contributed by atoms with Crippen molar-refractivity contribution in [1.29, 1.82) is 0 Å². The number of hydrogen-bond acceptors (Lipinski definition) is 3. The van der Waals surface area contributed by atoms with Gasteiger partial charge in [0.15, 0.2) is 0 Å². The SMILES string of the molecule is Cn1cc([C@](C)(O)CNC(=O)Nc2cc(Cl)ccc2F)cn1. The van der Waals surface area contributed by atoms with E-state index in [1.807, 2.05) is 0 Å². The van der Waals surface area contributed by atoms with Gasteiger partial charge < -0.3 is 15.7 Å². The molecule has 8 heteroatoms. The molecule has 2 amide bonds. The maximum Gasteiger partial charge on any atom is 0.319 e. The molecule has 3 N–H and O–H groups in total. The molecule has 22 heavy (non-hydrogen) atoms. The van der Waals surface area contributed by atoms with Gasteiger partial charge in [0.2, 0.25) is 0 Å². The summed E-state index contributed by atoms with van der Waals surface area (Å²) in [6.45, 7) is 1.48. The highest BCUT2D eigenvalue weighted by atomic mass is 35.5. The minimum Gasteiger partial charge on any atom is -0.383 e. The van der Waals surface area contributed by atoms with Crippen LogP contribution < -0.4 is 10.6 Å². The number of nitrogens with one attached hydrogen (secondary N) is 2. The summed E-state index contributed by atoms with van der Waals surface area (Å²) in [4.78, 5) is 11.8. The molecule has 0 unspecified atom stereocenters. The molecular weight excluding hydrogens is 311 g/mol. The van der Waals surface area contributed by atoms with Crippen LogP contribution in [0.25, 0.3) is 0 Å². The lowest BCUT2D eigenvalue weighted by Gasteiger charge is -2.22. The third-order valence-electron chi connectivity index (χ3n) is 3.10. The lowest BCUT2D eigenvalue weighted by atomic mass is 10.00. The van der Waals surface area contributed by atoms with E-state index >= 15 is 0 Å². The number of anilines is 1. The van der Waals surface area contributed by atoms with Gasteiger partial charge in [0.25, 0.3) is 0 Å². The van der Waals surface area contributed by atoms with Gasteiger partial charge in [-0.3, -0.25) is 4.68 Å². The van der Waals surface area contributed by atoms with Gasteiger partial charge in [-0.05, 0) is 25.1 Å². The van der Waals surface area contributed by atoms with Gasteiger partial charge in [-0.15, -0.1) is 0 Å². The monoisotopic (exact) mass is 326 g/mol. The Morgan fingerprint density at radius 3 is 2.91 bits per heavy atom. The Bertz CT molecular complexity index is 687. The summed E-state index contributed by atoms with van der Waals surface area (Å²) in [5.74, 6) is -0.599. The molecule has 0 aliphatic rings. The van der Waals surface area contributed by atoms with Gasteiger partial charge in [-0.1, -0.05) is 11.6 Å². The van der Waals surface area contributed by atoms with E-state index in [2.05, 4.69) is 15.7 Å². The number of hydrogen-bond donors (Lipinski definition) is 3. The molecule has 2 aromatic rings. The predicted octanol–water partition coefficient (Wildman–Crippen LogP) is 2.24. The molecule has 6 nitrogen and oxygen atoms in total. The van der Waals surface area contributed by atoms with Crippen molar-refractivity contribution in [3.63, 3.8) is 0 Å². The van der Waals surface area contributed by atoms with E-state index in [1.165, 1.54) is 18.3 Å². The minimum atomic E-state index is -1.29. The Balaban J connectivity index is 1.96. The van der Waals surface area contributed by atoms with Gasteiger partial charge in [0.05, 0.1) is 18.4 Å². The lowest BCUT2D eigenvalue weighted by molar-refractivity contribution is 0.0599. The van der Waals surface area contributed by atoms with E-state index < -0.39 is 17.4 Å². The van der Waals surface area contributed by atoms with Gasteiger partial charge in [0.1, 0.15) is 11.4 Å². The molecule has 1 atom stereocenters. The van der Waals surface area contributed by atoms with Crippen LogP contribution in [0.2, 0.25) is 5.02 Å².